The van der Waals surface area contributed by atoms with Gasteiger partial charge in [0.1, 0.15) is 6.04 Å². The molecule has 0 spiro atoms. The molecule has 1 unspecified atom stereocenters. The topological polar surface area (TPSA) is 20.3 Å². The van der Waals surface area contributed by atoms with Gasteiger partial charge in [0.15, 0.2) is 0 Å². The van der Waals surface area contributed by atoms with E-state index < -0.39 is 18.1 Å². The Bertz CT molecular complexity index is 429. The van der Waals surface area contributed by atoms with E-state index >= 15 is 0 Å². The van der Waals surface area contributed by atoms with Crippen molar-refractivity contribution >= 4 is 23.2 Å². The molecule has 0 aromatic heterocycles. The van der Waals surface area contributed by atoms with Crippen LogP contribution in [0.1, 0.15) is 12.8 Å². The van der Waals surface area contributed by atoms with E-state index in [1.54, 1.807) is 0 Å². The lowest BCUT2D eigenvalue weighted by atomic mass is 10.2. The first-order valence-corrected chi connectivity index (χ1v) is 5.42. The second-order valence-electron chi connectivity index (χ2n) is 3.84. The van der Waals surface area contributed by atoms with E-state index in [1.165, 1.54) is 24.3 Å². The fraction of sp³-hybridized carbons (Fsp3) is 0.364. The molecule has 1 aromatic rings. The van der Waals surface area contributed by atoms with Gasteiger partial charge in [0.25, 0.3) is 0 Å². The van der Waals surface area contributed by atoms with E-state index in [2.05, 4.69) is 0 Å². The van der Waals surface area contributed by atoms with Crippen LogP contribution in [0.15, 0.2) is 24.3 Å². The molecule has 17 heavy (non-hydrogen) atoms. The first-order chi connectivity index (χ1) is 7.89. The summed E-state index contributed by atoms with van der Waals surface area (Å²) in [6.45, 7) is 0. The number of carbonyl (C=O) groups excluding carboxylic acids is 1. The van der Waals surface area contributed by atoms with Crippen LogP contribution in [0.4, 0.5) is 18.9 Å². The van der Waals surface area contributed by atoms with E-state index in [9.17, 15) is 18.0 Å². The molecule has 0 N–H and O–H groups in total. The lowest BCUT2D eigenvalue weighted by Crippen LogP contribution is -2.43. The maximum Gasteiger partial charge on any atom is 0.409 e. The third-order valence-electron chi connectivity index (χ3n) is 2.69. The Hall–Kier alpha value is -1.23. The molecule has 6 heteroatoms. The maximum absolute atomic E-state index is 12.7. The van der Waals surface area contributed by atoms with Crippen molar-refractivity contribution in [1.82, 2.24) is 0 Å². The molecule has 1 aliphatic rings. The SMILES string of the molecule is O=C1CCC(C(F)(F)F)N1c1ccc(Cl)cc1. The normalized spacial score (nSPS) is 21.1. The lowest BCUT2D eigenvalue weighted by Gasteiger charge is -2.26. The Kier molecular flexibility index (Phi) is 3.03. The number of nitrogens with zero attached hydrogens (tertiary/aromatic N) is 1. The highest BCUT2D eigenvalue weighted by atomic mass is 35.5. The Morgan fingerprint density at radius 3 is 2.35 bits per heavy atom. The summed E-state index contributed by atoms with van der Waals surface area (Å²) in [6.07, 6.45) is -4.66. The van der Waals surface area contributed by atoms with Gasteiger partial charge in [-0.3, -0.25) is 4.79 Å². The predicted molar refractivity (Wildman–Crippen MR) is 58.0 cm³/mol. The van der Waals surface area contributed by atoms with Crippen molar-refractivity contribution in [1.29, 1.82) is 0 Å². The Morgan fingerprint density at radius 1 is 1.24 bits per heavy atom. The van der Waals surface area contributed by atoms with Crippen LogP contribution >= 0.6 is 11.6 Å². The van der Waals surface area contributed by atoms with Crippen molar-refractivity contribution in [3.63, 3.8) is 0 Å². The zero-order chi connectivity index (χ0) is 12.6. The number of alkyl halides is 3. The summed E-state index contributed by atoms with van der Waals surface area (Å²) in [7, 11) is 0. The minimum Gasteiger partial charge on any atom is -0.300 e. The van der Waals surface area contributed by atoms with E-state index in [4.69, 9.17) is 11.6 Å². The Labute approximate surface area is 101 Å². The van der Waals surface area contributed by atoms with Crippen molar-refractivity contribution in [2.45, 2.75) is 25.1 Å². The lowest BCUT2D eigenvalue weighted by molar-refractivity contribution is -0.148. The molecule has 1 heterocycles. The molecule has 2 nitrogen and oxygen atoms in total. The van der Waals surface area contributed by atoms with Crippen molar-refractivity contribution < 1.29 is 18.0 Å². The van der Waals surface area contributed by atoms with Crippen molar-refractivity contribution in [2.24, 2.45) is 0 Å². The molecule has 92 valence electrons. The monoisotopic (exact) mass is 263 g/mol. The second kappa shape index (κ2) is 4.22. The molecule has 0 aliphatic carbocycles. The molecular weight excluding hydrogens is 255 g/mol. The van der Waals surface area contributed by atoms with Gasteiger partial charge in [0.2, 0.25) is 5.91 Å². The summed E-state index contributed by atoms with van der Waals surface area (Å²) in [4.78, 5) is 12.3. The molecule has 1 aromatic carbocycles. The van der Waals surface area contributed by atoms with Gasteiger partial charge in [-0.15, -0.1) is 0 Å². The summed E-state index contributed by atoms with van der Waals surface area (Å²) < 4.78 is 38.2. The number of hydrogen-bond acceptors (Lipinski definition) is 1. The number of carbonyl (C=O) groups is 1. The second-order valence-corrected chi connectivity index (χ2v) is 4.27. The molecule has 1 fully saturated rings. The number of halogens is 4. The van der Waals surface area contributed by atoms with Crippen LogP contribution < -0.4 is 4.90 Å². The number of hydrogen-bond donors (Lipinski definition) is 0. The van der Waals surface area contributed by atoms with Gasteiger partial charge >= 0.3 is 6.18 Å². The van der Waals surface area contributed by atoms with Crippen LogP contribution in [0.25, 0.3) is 0 Å². The van der Waals surface area contributed by atoms with Crippen molar-refractivity contribution in [3.8, 4) is 0 Å². The third-order valence-corrected chi connectivity index (χ3v) is 2.95. The molecule has 0 radical (unpaired) electrons. The van der Waals surface area contributed by atoms with Crippen LogP contribution in [0.2, 0.25) is 5.02 Å². The summed E-state index contributed by atoms with van der Waals surface area (Å²) in [6, 6.07) is 4.05. The molecular formula is C11H9ClF3NO. The summed E-state index contributed by atoms with van der Waals surface area (Å²) in [5.74, 6) is -0.505. The van der Waals surface area contributed by atoms with E-state index in [0.29, 0.717) is 5.02 Å². The number of benzene rings is 1. The maximum atomic E-state index is 12.7. The highest BCUT2D eigenvalue weighted by molar-refractivity contribution is 6.30. The smallest absolute Gasteiger partial charge is 0.300 e. The summed E-state index contributed by atoms with van der Waals surface area (Å²) in [5.41, 5.74) is 0.235. The minimum atomic E-state index is -4.40. The van der Waals surface area contributed by atoms with Crippen LogP contribution in [0, 0.1) is 0 Å². The molecule has 1 atom stereocenters. The Morgan fingerprint density at radius 2 is 1.82 bits per heavy atom. The van der Waals surface area contributed by atoms with Crippen molar-refractivity contribution in [2.75, 3.05) is 4.90 Å². The van der Waals surface area contributed by atoms with Crippen molar-refractivity contribution in [3.05, 3.63) is 29.3 Å². The van der Waals surface area contributed by atoms with E-state index in [0.717, 1.165) is 4.90 Å². The van der Waals surface area contributed by atoms with Gasteiger partial charge in [0.05, 0.1) is 0 Å². The number of rotatable bonds is 1. The average Bonchev–Trinajstić information content (AvgIpc) is 2.61. The number of amides is 1. The molecule has 0 saturated carbocycles. The molecule has 1 amide bonds. The molecule has 2 rings (SSSR count). The summed E-state index contributed by atoms with van der Waals surface area (Å²) in [5, 5.41) is 0.420. The molecule has 0 bridgehead atoms. The first kappa shape index (κ1) is 12.2. The predicted octanol–water partition coefficient (Wildman–Crippen LogP) is 3.40. The molecule has 1 aliphatic heterocycles. The van der Waals surface area contributed by atoms with Crippen LogP contribution in [0.3, 0.4) is 0 Å². The average molecular weight is 264 g/mol. The van der Waals surface area contributed by atoms with Crippen LogP contribution in [-0.4, -0.2) is 18.1 Å². The van der Waals surface area contributed by atoms with Gasteiger partial charge in [-0.25, -0.2) is 0 Å². The minimum absolute atomic E-state index is 0.0766. The highest BCUT2D eigenvalue weighted by Gasteiger charge is 2.49. The van der Waals surface area contributed by atoms with E-state index in [1.807, 2.05) is 0 Å². The zero-order valence-corrected chi connectivity index (χ0v) is 9.42. The third kappa shape index (κ3) is 2.39. The zero-order valence-electron chi connectivity index (χ0n) is 8.67. The largest absolute Gasteiger partial charge is 0.409 e. The fourth-order valence-electron chi connectivity index (χ4n) is 1.92. The van der Waals surface area contributed by atoms with Gasteiger partial charge < -0.3 is 4.90 Å². The van der Waals surface area contributed by atoms with Gasteiger partial charge in [0, 0.05) is 17.1 Å². The van der Waals surface area contributed by atoms with Crippen LogP contribution in [0.5, 0.6) is 0 Å². The quantitative estimate of drug-likeness (QED) is 0.760. The molecule has 1 saturated heterocycles. The summed E-state index contributed by atoms with van der Waals surface area (Å²) >= 11 is 5.66. The number of anilines is 1. The van der Waals surface area contributed by atoms with Gasteiger partial charge in [-0.2, -0.15) is 13.2 Å². The van der Waals surface area contributed by atoms with E-state index in [-0.39, 0.29) is 18.5 Å². The van der Waals surface area contributed by atoms with Gasteiger partial charge in [-0.05, 0) is 30.7 Å². The first-order valence-electron chi connectivity index (χ1n) is 5.04. The fourth-order valence-corrected chi connectivity index (χ4v) is 2.05. The van der Waals surface area contributed by atoms with Crippen LogP contribution in [-0.2, 0) is 4.79 Å². The standard InChI is InChI=1S/C11H9ClF3NO/c12-7-1-3-8(4-2-7)16-9(11(13,14)15)5-6-10(16)17/h1-4,9H,5-6H2. The highest BCUT2D eigenvalue weighted by Crippen LogP contribution is 2.36. The van der Waals surface area contributed by atoms with Gasteiger partial charge in [-0.1, -0.05) is 11.6 Å². The Balaban J connectivity index is 2.34.